The van der Waals surface area contributed by atoms with E-state index in [0.29, 0.717) is 0 Å². The number of carbonyl (C=O) groups excluding carboxylic acids is 1. The zero-order chi connectivity index (χ0) is 12.9. The minimum absolute atomic E-state index is 0.0230. The van der Waals surface area contributed by atoms with Gasteiger partial charge in [-0.25, -0.2) is 0 Å². The van der Waals surface area contributed by atoms with Gasteiger partial charge in [-0.05, 0) is 24.2 Å². The average Bonchev–Trinajstić information content (AvgIpc) is 2.28. The van der Waals surface area contributed by atoms with Crippen LogP contribution >= 0.6 is 0 Å². The largest absolute Gasteiger partial charge is 0.481 e. The number of hydrogen-bond acceptors (Lipinski definition) is 3. The molecule has 1 saturated carbocycles. The first kappa shape index (κ1) is 14.0. The van der Waals surface area contributed by atoms with Gasteiger partial charge in [0.2, 0.25) is 0 Å². The van der Waals surface area contributed by atoms with Crippen molar-refractivity contribution in [3.8, 4) is 0 Å². The van der Waals surface area contributed by atoms with Crippen molar-refractivity contribution in [3.05, 3.63) is 0 Å². The van der Waals surface area contributed by atoms with Crippen molar-refractivity contribution in [1.29, 1.82) is 0 Å². The Morgan fingerprint density at radius 2 is 1.82 bits per heavy atom. The van der Waals surface area contributed by atoms with Crippen LogP contribution in [0.5, 0.6) is 0 Å². The number of ether oxygens (including phenoxy) is 1. The topological polar surface area (TPSA) is 63.6 Å². The molecule has 17 heavy (non-hydrogen) atoms. The lowest BCUT2D eigenvalue weighted by Crippen LogP contribution is -2.33. The van der Waals surface area contributed by atoms with E-state index in [1.807, 2.05) is 0 Å². The molecular formula is C13H22O4. The van der Waals surface area contributed by atoms with Crippen LogP contribution in [0.25, 0.3) is 0 Å². The summed E-state index contributed by atoms with van der Waals surface area (Å²) >= 11 is 0. The molecule has 0 amide bonds. The van der Waals surface area contributed by atoms with E-state index in [9.17, 15) is 9.59 Å². The maximum atomic E-state index is 11.4. The van der Waals surface area contributed by atoms with Crippen molar-refractivity contribution < 1.29 is 19.4 Å². The molecule has 0 radical (unpaired) electrons. The highest BCUT2D eigenvalue weighted by Crippen LogP contribution is 2.45. The lowest BCUT2D eigenvalue weighted by molar-refractivity contribution is -0.145. The first-order chi connectivity index (χ1) is 7.98. The van der Waals surface area contributed by atoms with Crippen molar-refractivity contribution in [2.45, 2.75) is 51.9 Å². The normalized spacial score (nSPS) is 20.6. The molecule has 0 saturated heterocycles. The summed E-state index contributed by atoms with van der Waals surface area (Å²) in [5, 5.41) is 8.96. The Morgan fingerprint density at radius 1 is 1.24 bits per heavy atom. The van der Waals surface area contributed by atoms with Crippen LogP contribution in [0.1, 0.15) is 51.9 Å². The molecular weight excluding hydrogens is 220 g/mol. The maximum Gasteiger partial charge on any atom is 0.305 e. The van der Waals surface area contributed by atoms with Crippen molar-refractivity contribution in [1.82, 2.24) is 0 Å². The van der Waals surface area contributed by atoms with Crippen LogP contribution in [0, 0.1) is 11.3 Å². The van der Waals surface area contributed by atoms with E-state index in [4.69, 9.17) is 5.11 Å². The Labute approximate surface area is 102 Å². The molecule has 1 aliphatic rings. The van der Waals surface area contributed by atoms with Gasteiger partial charge in [-0.3, -0.25) is 9.59 Å². The summed E-state index contributed by atoms with van der Waals surface area (Å²) in [4.78, 5) is 22.3. The standard InChI is InChI=1S/C13H22O4/c1-13(6-4-3-5-7-13)10(8-11(14)15)9-12(16)17-2/h10H,3-9H2,1-2H3,(H,14,15). The number of carboxylic acid groups (broad SMARTS) is 1. The van der Waals surface area contributed by atoms with Gasteiger partial charge in [-0.1, -0.05) is 26.2 Å². The summed E-state index contributed by atoms with van der Waals surface area (Å²) in [6.45, 7) is 2.11. The second-order valence-electron chi connectivity index (χ2n) is 5.29. The quantitative estimate of drug-likeness (QED) is 0.753. The van der Waals surface area contributed by atoms with Gasteiger partial charge in [0.25, 0.3) is 0 Å². The Hall–Kier alpha value is -1.06. The van der Waals surface area contributed by atoms with Crippen molar-refractivity contribution in [2.24, 2.45) is 11.3 Å². The fourth-order valence-electron chi connectivity index (χ4n) is 2.83. The summed E-state index contributed by atoms with van der Waals surface area (Å²) in [5.41, 5.74) is -0.0230. The molecule has 4 nitrogen and oxygen atoms in total. The first-order valence-electron chi connectivity index (χ1n) is 6.26. The number of carbonyl (C=O) groups is 2. The number of methoxy groups -OCH3 is 1. The van der Waals surface area contributed by atoms with Crippen LogP contribution in [-0.2, 0) is 14.3 Å². The third kappa shape index (κ3) is 4.02. The molecule has 0 aliphatic heterocycles. The van der Waals surface area contributed by atoms with E-state index in [1.54, 1.807) is 0 Å². The Balaban J connectivity index is 2.72. The third-order valence-corrected chi connectivity index (χ3v) is 4.04. The number of rotatable bonds is 5. The van der Waals surface area contributed by atoms with E-state index >= 15 is 0 Å². The summed E-state index contributed by atoms with van der Waals surface area (Å²) in [7, 11) is 1.35. The molecule has 0 spiro atoms. The molecule has 4 heteroatoms. The van der Waals surface area contributed by atoms with Crippen molar-refractivity contribution in [3.63, 3.8) is 0 Å². The van der Waals surface area contributed by atoms with Gasteiger partial charge in [0.15, 0.2) is 0 Å². The van der Waals surface area contributed by atoms with Gasteiger partial charge in [-0.15, -0.1) is 0 Å². The summed E-state index contributed by atoms with van der Waals surface area (Å²) < 4.78 is 4.67. The lowest BCUT2D eigenvalue weighted by Gasteiger charge is -2.40. The molecule has 0 bridgehead atoms. The van der Waals surface area contributed by atoms with E-state index in [-0.39, 0.29) is 30.1 Å². The third-order valence-electron chi connectivity index (χ3n) is 4.04. The molecule has 1 atom stereocenters. The second-order valence-corrected chi connectivity index (χ2v) is 5.29. The Morgan fingerprint density at radius 3 is 2.29 bits per heavy atom. The fraction of sp³-hybridized carbons (Fsp3) is 0.846. The van der Waals surface area contributed by atoms with Crippen LogP contribution in [0.2, 0.25) is 0 Å². The molecule has 1 N–H and O–H groups in total. The van der Waals surface area contributed by atoms with Crippen molar-refractivity contribution >= 4 is 11.9 Å². The Bertz CT molecular complexity index is 279. The first-order valence-corrected chi connectivity index (χ1v) is 6.26. The number of aliphatic carboxylic acids is 1. The van der Waals surface area contributed by atoms with Crippen LogP contribution in [0.15, 0.2) is 0 Å². The van der Waals surface area contributed by atoms with E-state index in [0.717, 1.165) is 25.7 Å². The van der Waals surface area contributed by atoms with Crippen LogP contribution < -0.4 is 0 Å². The van der Waals surface area contributed by atoms with Crippen LogP contribution in [0.4, 0.5) is 0 Å². The smallest absolute Gasteiger partial charge is 0.305 e. The lowest BCUT2D eigenvalue weighted by atomic mass is 9.65. The molecule has 0 aromatic heterocycles. The van der Waals surface area contributed by atoms with E-state index < -0.39 is 5.97 Å². The summed E-state index contributed by atoms with van der Waals surface area (Å²) in [6.07, 6.45) is 5.80. The minimum Gasteiger partial charge on any atom is -0.481 e. The van der Waals surface area contributed by atoms with Crippen LogP contribution in [0.3, 0.4) is 0 Å². The molecule has 0 heterocycles. The fourth-order valence-corrected chi connectivity index (χ4v) is 2.83. The van der Waals surface area contributed by atoms with Gasteiger partial charge < -0.3 is 9.84 Å². The molecule has 0 aromatic carbocycles. The molecule has 1 unspecified atom stereocenters. The number of hydrogen-bond donors (Lipinski definition) is 1. The highest BCUT2D eigenvalue weighted by Gasteiger charge is 2.37. The van der Waals surface area contributed by atoms with Gasteiger partial charge >= 0.3 is 11.9 Å². The van der Waals surface area contributed by atoms with E-state index in [2.05, 4.69) is 11.7 Å². The van der Waals surface area contributed by atoms with Crippen molar-refractivity contribution in [2.75, 3.05) is 7.11 Å². The monoisotopic (exact) mass is 242 g/mol. The van der Waals surface area contributed by atoms with Gasteiger partial charge in [0, 0.05) is 12.8 Å². The number of carboxylic acids is 1. The molecule has 0 aromatic rings. The van der Waals surface area contributed by atoms with Crippen LogP contribution in [-0.4, -0.2) is 24.2 Å². The van der Waals surface area contributed by atoms with Gasteiger partial charge in [-0.2, -0.15) is 0 Å². The zero-order valence-electron chi connectivity index (χ0n) is 10.7. The Kier molecular flexibility index (Phi) is 4.97. The summed E-state index contributed by atoms with van der Waals surface area (Å²) in [5.74, 6) is -1.23. The highest BCUT2D eigenvalue weighted by molar-refractivity contribution is 5.72. The molecule has 98 valence electrons. The SMILES string of the molecule is COC(=O)CC(CC(=O)O)C1(C)CCCCC1. The molecule has 1 rings (SSSR count). The molecule has 1 aliphatic carbocycles. The predicted molar refractivity (Wildman–Crippen MR) is 63.6 cm³/mol. The molecule has 1 fully saturated rings. The highest BCUT2D eigenvalue weighted by atomic mass is 16.5. The van der Waals surface area contributed by atoms with Gasteiger partial charge in [0.1, 0.15) is 0 Å². The second kappa shape index (κ2) is 6.03. The maximum absolute atomic E-state index is 11.4. The number of esters is 1. The van der Waals surface area contributed by atoms with Gasteiger partial charge in [0.05, 0.1) is 7.11 Å². The average molecular weight is 242 g/mol. The minimum atomic E-state index is -0.828. The summed E-state index contributed by atoms with van der Waals surface area (Å²) in [6, 6.07) is 0. The van der Waals surface area contributed by atoms with E-state index in [1.165, 1.54) is 13.5 Å². The predicted octanol–water partition coefficient (Wildman–Crippen LogP) is 2.61. The zero-order valence-corrected chi connectivity index (χ0v) is 10.7.